The monoisotopic (exact) mass is 525 g/mol. The Hall–Kier alpha value is -2.65. The van der Waals surface area contributed by atoms with E-state index >= 15 is 0 Å². The molecule has 0 aliphatic carbocycles. The van der Waals surface area contributed by atoms with E-state index in [1.54, 1.807) is 20.8 Å². The summed E-state index contributed by atoms with van der Waals surface area (Å²) in [6.45, 7) is 5.09. The van der Waals surface area contributed by atoms with Gasteiger partial charge in [0.1, 0.15) is 11.6 Å². The quantitative estimate of drug-likeness (QED) is 0.341. The van der Waals surface area contributed by atoms with Crippen molar-refractivity contribution >= 4 is 58.3 Å². The van der Waals surface area contributed by atoms with Crippen LogP contribution in [0.5, 0.6) is 0 Å². The number of hydrogen-bond donors (Lipinski definition) is 3. The van der Waals surface area contributed by atoms with Crippen molar-refractivity contribution in [2.75, 3.05) is 10.2 Å². The van der Waals surface area contributed by atoms with Crippen LogP contribution < -0.4 is 15.5 Å². The van der Waals surface area contributed by atoms with Gasteiger partial charge in [-0.15, -0.1) is 0 Å². The first-order valence-corrected chi connectivity index (χ1v) is 11.4. The number of rotatable bonds is 7. The van der Waals surface area contributed by atoms with Gasteiger partial charge in [-0.3, -0.25) is 0 Å². The smallest absolute Gasteiger partial charge is 0.327 e. The summed E-state index contributed by atoms with van der Waals surface area (Å²) in [4.78, 5) is 23.1. The largest absolute Gasteiger partial charge is 0.388 e. The highest BCUT2D eigenvalue weighted by atomic mass is 35.5. The maximum absolute atomic E-state index is 13.5. The van der Waals surface area contributed by atoms with Gasteiger partial charge in [-0.05, 0) is 57.2 Å². The number of carbonyl (C=O) groups excluding carboxylic acids is 1. The first-order valence-electron chi connectivity index (χ1n) is 10.2. The molecule has 7 nitrogen and oxygen atoms in total. The van der Waals surface area contributed by atoms with Crippen LogP contribution in [-0.2, 0) is 6.54 Å². The average Bonchev–Trinajstić information content (AvgIpc) is 2.74. The Bertz CT molecular complexity index is 1150. The van der Waals surface area contributed by atoms with Crippen molar-refractivity contribution in [1.82, 2.24) is 15.3 Å². The molecule has 3 aromatic rings. The fourth-order valence-electron chi connectivity index (χ4n) is 2.84. The van der Waals surface area contributed by atoms with E-state index in [9.17, 15) is 14.3 Å². The van der Waals surface area contributed by atoms with E-state index in [4.69, 9.17) is 34.8 Å². The Morgan fingerprint density at radius 1 is 1.15 bits per heavy atom. The van der Waals surface area contributed by atoms with Gasteiger partial charge in [0.2, 0.25) is 5.95 Å². The molecule has 1 heterocycles. The number of hydrogen-bond acceptors (Lipinski definition) is 5. The van der Waals surface area contributed by atoms with Gasteiger partial charge in [-0.25, -0.2) is 19.1 Å². The lowest BCUT2D eigenvalue weighted by atomic mass is 10.0. The highest BCUT2D eigenvalue weighted by Gasteiger charge is 2.24. The molecule has 0 unspecified atom stereocenters. The topological polar surface area (TPSA) is 90.4 Å². The van der Waals surface area contributed by atoms with Gasteiger partial charge in [0.25, 0.3) is 0 Å². The third-order valence-electron chi connectivity index (χ3n) is 5.09. The second-order valence-corrected chi connectivity index (χ2v) is 9.33. The molecule has 1 aromatic heterocycles. The fourth-order valence-corrected chi connectivity index (χ4v) is 3.79. The molecule has 0 aliphatic heterocycles. The van der Waals surface area contributed by atoms with Crippen molar-refractivity contribution < 1.29 is 14.3 Å². The third kappa shape index (κ3) is 6.48. The number of urea groups is 1. The lowest BCUT2D eigenvalue weighted by Gasteiger charge is -2.27. The van der Waals surface area contributed by atoms with Crippen LogP contribution in [0.15, 0.2) is 48.7 Å². The van der Waals surface area contributed by atoms with Gasteiger partial charge < -0.3 is 15.7 Å². The summed E-state index contributed by atoms with van der Waals surface area (Å²) in [6.07, 6.45) is 1.47. The van der Waals surface area contributed by atoms with Gasteiger partial charge in [0.05, 0.1) is 17.3 Å². The number of carbonyl (C=O) groups is 1. The summed E-state index contributed by atoms with van der Waals surface area (Å²) < 4.78 is 13.5. The lowest BCUT2D eigenvalue weighted by Crippen LogP contribution is -2.40. The molecule has 0 saturated carbocycles. The first kappa shape index (κ1) is 26.0. The number of amides is 2. The van der Waals surface area contributed by atoms with E-state index < -0.39 is 17.4 Å². The lowest BCUT2D eigenvalue weighted by molar-refractivity contribution is 0.0646. The Kier molecular flexibility index (Phi) is 8.20. The number of halogens is 4. The van der Waals surface area contributed by atoms with Gasteiger partial charge in [0, 0.05) is 39.4 Å². The molecule has 2 amide bonds. The van der Waals surface area contributed by atoms with Crippen LogP contribution in [0.1, 0.15) is 26.3 Å². The zero-order valence-corrected chi connectivity index (χ0v) is 20.9. The Labute approximate surface area is 211 Å². The van der Waals surface area contributed by atoms with Crippen molar-refractivity contribution in [3.8, 4) is 0 Å². The molecular weight excluding hydrogens is 504 g/mol. The second-order valence-electron chi connectivity index (χ2n) is 8.08. The molecule has 34 heavy (non-hydrogen) atoms. The molecule has 0 saturated heterocycles. The molecule has 0 radical (unpaired) electrons. The van der Waals surface area contributed by atoms with E-state index in [2.05, 4.69) is 20.6 Å². The van der Waals surface area contributed by atoms with E-state index in [0.29, 0.717) is 26.3 Å². The fraction of sp³-hybridized carbons (Fsp3) is 0.261. The van der Waals surface area contributed by atoms with E-state index in [1.807, 2.05) is 0 Å². The summed E-state index contributed by atoms with van der Waals surface area (Å²) in [5.41, 5.74) is -0.179. The van der Waals surface area contributed by atoms with Crippen LogP contribution in [0, 0.1) is 5.82 Å². The minimum absolute atomic E-state index is 0.0112. The molecular formula is C23H23Cl3FN5O2. The Morgan fingerprint density at radius 3 is 2.35 bits per heavy atom. The standard InChI is InChI=1S/C23H23Cl3FN5O2/c1-13(23(2,3)34)30-21-28-9-8-20(31-21)32(16-6-4-15(27)5-7-16)22(33)29-12-17-18(25)10-14(24)11-19(17)26/h4-11,13,34H,12H2,1-3H3,(H,29,33)(H,28,30,31)/t13-/m0/s1. The zero-order valence-electron chi connectivity index (χ0n) is 18.6. The average molecular weight is 527 g/mol. The van der Waals surface area contributed by atoms with Crippen LogP contribution >= 0.6 is 34.8 Å². The minimum atomic E-state index is -1.04. The molecule has 0 spiro atoms. The zero-order chi connectivity index (χ0) is 25.0. The summed E-state index contributed by atoms with van der Waals surface area (Å²) >= 11 is 18.4. The molecule has 1 atom stereocenters. The number of aromatic nitrogens is 2. The molecule has 0 bridgehead atoms. The minimum Gasteiger partial charge on any atom is -0.388 e. The number of nitrogens with zero attached hydrogens (tertiary/aromatic N) is 3. The van der Waals surface area contributed by atoms with Gasteiger partial charge in [-0.1, -0.05) is 34.8 Å². The first-order chi connectivity index (χ1) is 16.0. The van der Waals surface area contributed by atoms with Crippen molar-refractivity contribution in [1.29, 1.82) is 0 Å². The van der Waals surface area contributed by atoms with E-state index in [0.717, 1.165) is 0 Å². The normalized spacial score (nSPS) is 12.2. The molecule has 3 rings (SSSR count). The number of aliphatic hydroxyl groups is 1. The second kappa shape index (κ2) is 10.7. The Balaban J connectivity index is 1.91. The number of anilines is 3. The van der Waals surface area contributed by atoms with Crippen LogP contribution in [-0.4, -0.2) is 32.7 Å². The van der Waals surface area contributed by atoms with Crippen molar-refractivity contribution in [3.63, 3.8) is 0 Å². The molecule has 3 N–H and O–H groups in total. The maximum atomic E-state index is 13.5. The van der Waals surface area contributed by atoms with Crippen molar-refractivity contribution in [2.45, 2.75) is 39.0 Å². The third-order valence-corrected chi connectivity index (χ3v) is 5.98. The highest BCUT2D eigenvalue weighted by Crippen LogP contribution is 2.30. The van der Waals surface area contributed by atoms with Crippen LogP contribution in [0.25, 0.3) is 0 Å². The number of nitrogens with one attached hydrogen (secondary N) is 2. The van der Waals surface area contributed by atoms with Crippen LogP contribution in [0.3, 0.4) is 0 Å². The SMILES string of the molecule is C[C@H](Nc1nccc(N(C(=O)NCc2c(Cl)cc(Cl)cc2Cl)c2ccc(F)cc2)n1)C(C)(C)O. The van der Waals surface area contributed by atoms with E-state index in [-0.39, 0.29) is 24.4 Å². The van der Waals surface area contributed by atoms with Crippen LogP contribution in [0.4, 0.5) is 26.6 Å². The van der Waals surface area contributed by atoms with Gasteiger partial charge in [0.15, 0.2) is 0 Å². The van der Waals surface area contributed by atoms with Gasteiger partial charge >= 0.3 is 6.03 Å². The van der Waals surface area contributed by atoms with E-state index in [1.165, 1.54) is 53.6 Å². The molecule has 2 aromatic carbocycles. The highest BCUT2D eigenvalue weighted by molar-refractivity contribution is 6.39. The Morgan fingerprint density at radius 2 is 1.76 bits per heavy atom. The summed E-state index contributed by atoms with van der Waals surface area (Å²) in [5.74, 6) is -0.0263. The maximum Gasteiger partial charge on any atom is 0.327 e. The summed E-state index contributed by atoms with van der Waals surface area (Å²) in [5, 5.41) is 17.0. The molecule has 0 aliphatic rings. The van der Waals surface area contributed by atoms with Crippen molar-refractivity contribution in [2.24, 2.45) is 0 Å². The van der Waals surface area contributed by atoms with Crippen molar-refractivity contribution in [3.05, 3.63) is 75.1 Å². The predicted molar refractivity (Wildman–Crippen MR) is 134 cm³/mol. The van der Waals surface area contributed by atoms with Gasteiger partial charge in [-0.2, -0.15) is 4.98 Å². The number of benzene rings is 2. The molecule has 180 valence electrons. The van der Waals surface area contributed by atoms with Crippen LogP contribution in [0.2, 0.25) is 15.1 Å². The molecule has 11 heteroatoms. The predicted octanol–water partition coefficient (Wildman–Crippen LogP) is 6.20. The summed E-state index contributed by atoms with van der Waals surface area (Å²) in [6, 6.07) is 9.01. The summed E-state index contributed by atoms with van der Waals surface area (Å²) in [7, 11) is 0. The molecule has 0 fully saturated rings.